The average molecular weight is 259 g/mol. The van der Waals surface area contributed by atoms with Crippen molar-refractivity contribution in [3.63, 3.8) is 0 Å². The largest absolute Gasteiger partial charge is 0.377 e. The van der Waals surface area contributed by atoms with E-state index in [1.54, 1.807) is 7.11 Å². The first-order valence-corrected chi connectivity index (χ1v) is 6.42. The lowest BCUT2D eigenvalue weighted by atomic mass is 9.95. The van der Waals surface area contributed by atoms with Gasteiger partial charge in [-0.05, 0) is 39.1 Å². The predicted molar refractivity (Wildman–Crippen MR) is 76.5 cm³/mol. The molecule has 0 aliphatic heterocycles. The van der Waals surface area contributed by atoms with Gasteiger partial charge in [-0.15, -0.1) is 0 Å². The summed E-state index contributed by atoms with van der Waals surface area (Å²) in [4.78, 5) is 0. The van der Waals surface area contributed by atoms with Crippen molar-refractivity contribution in [2.75, 3.05) is 14.2 Å². The number of nitrogens with zero attached hydrogens (tertiary/aromatic N) is 2. The topological polar surface area (TPSA) is 39.1 Å². The van der Waals surface area contributed by atoms with Crippen LogP contribution < -0.4 is 5.32 Å². The molecule has 4 heteroatoms. The molecule has 102 valence electrons. The summed E-state index contributed by atoms with van der Waals surface area (Å²) in [5, 5.41) is 7.74. The van der Waals surface area contributed by atoms with Gasteiger partial charge < -0.3 is 10.1 Å². The second-order valence-electron chi connectivity index (χ2n) is 5.03. The van der Waals surface area contributed by atoms with E-state index in [1.165, 1.54) is 0 Å². The van der Waals surface area contributed by atoms with Crippen molar-refractivity contribution in [1.82, 2.24) is 15.1 Å². The van der Waals surface area contributed by atoms with Crippen molar-refractivity contribution in [1.29, 1.82) is 0 Å². The minimum absolute atomic E-state index is 0.0557. The van der Waals surface area contributed by atoms with Crippen LogP contribution in [0, 0.1) is 0 Å². The van der Waals surface area contributed by atoms with Gasteiger partial charge in [0, 0.05) is 13.3 Å². The highest BCUT2D eigenvalue weighted by Gasteiger charge is 2.32. The van der Waals surface area contributed by atoms with Crippen molar-refractivity contribution < 1.29 is 4.74 Å². The van der Waals surface area contributed by atoms with E-state index >= 15 is 0 Å². The van der Waals surface area contributed by atoms with Gasteiger partial charge >= 0.3 is 0 Å². The molecule has 2 aromatic rings. The highest BCUT2D eigenvalue weighted by molar-refractivity contribution is 5.33. The monoisotopic (exact) mass is 259 g/mol. The molecule has 0 aliphatic rings. The van der Waals surface area contributed by atoms with E-state index in [-0.39, 0.29) is 11.6 Å². The highest BCUT2D eigenvalue weighted by Crippen LogP contribution is 2.29. The molecular weight excluding hydrogens is 238 g/mol. The third-order valence-electron chi connectivity index (χ3n) is 3.48. The second kappa shape index (κ2) is 5.55. The fourth-order valence-corrected chi connectivity index (χ4v) is 2.29. The van der Waals surface area contributed by atoms with Gasteiger partial charge in [0.2, 0.25) is 0 Å². The van der Waals surface area contributed by atoms with Crippen LogP contribution in [0.4, 0.5) is 0 Å². The van der Waals surface area contributed by atoms with E-state index in [9.17, 15) is 0 Å². The van der Waals surface area contributed by atoms with Gasteiger partial charge in [0.15, 0.2) is 0 Å². The average Bonchev–Trinajstić information content (AvgIpc) is 2.89. The first kappa shape index (κ1) is 13.8. The second-order valence-corrected chi connectivity index (χ2v) is 5.03. The number of nitrogens with one attached hydrogen (secondary N) is 1. The van der Waals surface area contributed by atoms with Gasteiger partial charge in [-0.2, -0.15) is 5.10 Å². The molecule has 0 aliphatic carbocycles. The number of hydrogen-bond acceptors (Lipinski definition) is 3. The molecule has 2 rings (SSSR count). The summed E-state index contributed by atoms with van der Waals surface area (Å²) in [6, 6.07) is 12.2. The van der Waals surface area contributed by atoms with E-state index in [1.807, 2.05) is 54.3 Å². The summed E-state index contributed by atoms with van der Waals surface area (Å²) in [5.74, 6) is 0. The first-order valence-electron chi connectivity index (χ1n) is 6.42. The molecule has 0 fully saturated rings. The number of likely N-dealkylation sites (N-methyl/N-ethyl adjacent to an activating group) is 1. The molecule has 1 aromatic heterocycles. The van der Waals surface area contributed by atoms with E-state index in [0.717, 1.165) is 11.4 Å². The van der Waals surface area contributed by atoms with Crippen molar-refractivity contribution in [3.8, 4) is 5.69 Å². The Morgan fingerprint density at radius 1 is 1.21 bits per heavy atom. The number of ether oxygens (including phenoxy) is 1. The minimum atomic E-state index is -0.318. The van der Waals surface area contributed by atoms with E-state index < -0.39 is 0 Å². The Morgan fingerprint density at radius 2 is 1.89 bits per heavy atom. The zero-order chi connectivity index (χ0) is 13.9. The third kappa shape index (κ3) is 2.69. The maximum Gasteiger partial charge on any atom is 0.0831 e. The van der Waals surface area contributed by atoms with Crippen LogP contribution in [0.15, 0.2) is 42.6 Å². The Labute approximate surface area is 114 Å². The molecule has 0 saturated carbocycles. The minimum Gasteiger partial charge on any atom is -0.377 e. The Bertz CT molecular complexity index is 519. The Kier molecular flexibility index (Phi) is 4.02. The summed E-state index contributed by atoms with van der Waals surface area (Å²) < 4.78 is 7.55. The van der Waals surface area contributed by atoms with Gasteiger partial charge in [0.25, 0.3) is 0 Å². The van der Waals surface area contributed by atoms with Crippen LogP contribution in [0.2, 0.25) is 0 Å². The molecule has 19 heavy (non-hydrogen) atoms. The number of methoxy groups -OCH3 is 1. The molecule has 1 N–H and O–H groups in total. The SMILES string of the molecule is CNC(c1ccnn1-c1ccccc1)C(C)(C)OC. The summed E-state index contributed by atoms with van der Waals surface area (Å²) in [7, 11) is 3.67. The van der Waals surface area contributed by atoms with E-state index in [4.69, 9.17) is 4.74 Å². The quantitative estimate of drug-likeness (QED) is 0.897. The van der Waals surface area contributed by atoms with Crippen molar-refractivity contribution in [3.05, 3.63) is 48.3 Å². The molecule has 0 spiro atoms. The Balaban J connectivity index is 2.44. The van der Waals surface area contributed by atoms with Gasteiger partial charge in [-0.25, -0.2) is 4.68 Å². The van der Waals surface area contributed by atoms with Crippen LogP contribution in [0.5, 0.6) is 0 Å². The van der Waals surface area contributed by atoms with Gasteiger partial charge in [0.1, 0.15) is 0 Å². The lowest BCUT2D eigenvalue weighted by Crippen LogP contribution is -2.40. The van der Waals surface area contributed by atoms with Crippen molar-refractivity contribution in [2.24, 2.45) is 0 Å². The summed E-state index contributed by atoms with van der Waals surface area (Å²) in [5.41, 5.74) is 1.82. The molecule has 0 amide bonds. The van der Waals surface area contributed by atoms with Crippen LogP contribution in [0.3, 0.4) is 0 Å². The highest BCUT2D eigenvalue weighted by atomic mass is 16.5. The van der Waals surface area contributed by atoms with Gasteiger partial charge in [-0.3, -0.25) is 0 Å². The molecule has 1 atom stereocenters. The maximum atomic E-state index is 5.60. The molecule has 1 aromatic carbocycles. The molecule has 0 bridgehead atoms. The van der Waals surface area contributed by atoms with Crippen LogP contribution in [-0.2, 0) is 4.74 Å². The lowest BCUT2D eigenvalue weighted by Gasteiger charge is -2.33. The number of rotatable bonds is 5. The number of hydrogen-bond donors (Lipinski definition) is 1. The predicted octanol–water partition coefficient (Wildman–Crippen LogP) is 2.56. The molecule has 1 unspecified atom stereocenters. The van der Waals surface area contributed by atoms with Crippen LogP contribution >= 0.6 is 0 Å². The fraction of sp³-hybridized carbons (Fsp3) is 0.400. The molecule has 4 nitrogen and oxygen atoms in total. The van der Waals surface area contributed by atoms with E-state index in [2.05, 4.69) is 24.3 Å². The molecule has 0 radical (unpaired) electrons. The Morgan fingerprint density at radius 3 is 2.47 bits per heavy atom. The zero-order valence-electron chi connectivity index (χ0n) is 11.9. The smallest absolute Gasteiger partial charge is 0.0831 e. The summed E-state index contributed by atoms with van der Waals surface area (Å²) in [6.07, 6.45) is 1.82. The van der Waals surface area contributed by atoms with Crippen LogP contribution in [-0.4, -0.2) is 29.5 Å². The maximum absolute atomic E-state index is 5.60. The number of benzene rings is 1. The molecular formula is C15H21N3O. The van der Waals surface area contributed by atoms with Crippen molar-refractivity contribution in [2.45, 2.75) is 25.5 Å². The standard InChI is InChI=1S/C15H21N3O/c1-15(2,19-4)14(16-3)13-10-11-17-18(13)12-8-6-5-7-9-12/h5-11,14,16H,1-4H3. The summed E-state index contributed by atoms with van der Waals surface area (Å²) in [6.45, 7) is 4.13. The molecule has 0 saturated heterocycles. The first-order chi connectivity index (χ1) is 9.10. The summed E-state index contributed by atoms with van der Waals surface area (Å²) >= 11 is 0. The normalized spacial score (nSPS) is 13.5. The van der Waals surface area contributed by atoms with Crippen molar-refractivity contribution >= 4 is 0 Å². The third-order valence-corrected chi connectivity index (χ3v) is 3.48. The van der Waals surface area contributed by atoms with Crippen LogP contribution in [0.1, 0.15) is 25.6 Å². The Hall–Kier alpha value is -1.65. The zero-order valence-corrected chi connectivity index (χ0v) is 11.9. The lowest BCUT2D eigenvalue weighted by molar-refractivity contribution is -0.0108. The number of aromatic nitrogens is 2. The van der Waals surface area contributed by atoms with E-state index in [0.29, 0.717) is 0 Å². The fourth-order valence-electron chi connectivity index (χ4n) is 2.29. The van der Waals surface area contributed by atoms with Gasteiger partial charge in [0.05, 0.1) is 23.0 Å². The van der Waals surface area contributed by atoms with Crippen LogP contribution in [0.25, 0.3) is 5.69 Å². The van der Waals surface area contributed by atoms with Gasteiger partial charge in [-0.1, -0.05) is 18.2 Å². The molecule has 1 heterocycles. The number of para-hydroxylation sites is 1.